The van der Waals surface area contributed by atoms with E-state index in [1.54, 1.807) is 6.08 Å². The first-order valence-corrected chi connectivity index (χ1v) is 33.5. The molecule has 0 aromatic heterocycles. The summed E-state index contributed by atoms with van der Waals surface area (Å²) in [4.78, 5) is 13.3. The van der Waals surface area contributed by atoms with Crippen molar-refractivity contribution in [3.8, 4) is 0 Å². The third-order valence-corrected chi connectivity index (χ3v) is 16.1. The molecule has 0 aromatic carbocycles. The fraction of sp³-hybridized carbons (Fsp3) is 0.754. The first-order valence-electron chi connectivity index (χ1n) is 33.5. The van der Waals surface area contributed by atoms with E-state index in [9.17, 15) is 61.0 Å². The molecule has 17 atom stereocenters. The minimum absolute atomic E-state index is 0.233. The zero-order valence-corrected chi connectivity index (χ0v) is 53.2. The van der Waals surface area contributed by atoms with Crippen molar-refractivity contribution in [2.75, 3.05) is 26.4 Å². The summed E-state index contributed by atoms with van der Waals surface area (Å²) in [5.74, 6) is -0.286. The van der Waals surface area contributed by atoms with E-state index >= 15 is 0 Å². The van der Waals surface area contributed by atoms with Gasteiger partial charge >= 0.3 is 0 Å². The number of hydrogen-bond acceptors (Lipinski definition) is 18. The zero-order chi connectivity index (χ0) is 64.0. The maximum Gasteiger partial charge on any atom is 0.220 e. The lowest BCUT2D eigenvalue weighted by atomic mass is 9.96. The predicted molar refractivity (Wildman–Crippen MR) is 341 cm³/mol. The van der Waals surface area contributed by atoms with E-state index in [-0.39, 0.29) is 18.9 Å². The summed E-state index contributed by atoms with van der Waals surface area (Å²) in [5, 5.41) is 120. The minimum atomic E-state index is -1.98. The summed E-state index contributed by atoms with van der Waals surface area (Å²) >= 11 is 0. The Morgan fingerprint density at radius 2 is 0.784 bits per heavy atom. The largest absolute Gasteiger partial charge is 0.394 e. The van der Waals surface area contributed by atoms with Crippen LogP contribution in [-0.4, -0.2) is 193 Å². The van der Waals surface area contributed by atoms with Crippen molar-refractivity contribution in [1.29, 1.82) is 0 Å². The maximum atomic E-state index is 13.3. The number of hydrogen-bond donors (Lipinski definition) is 12. The highest BCUT2D eigenvalue weighted by Crippen LogP contribution is 2.33. The Hall–Kier alpha value is -3.29. The van der Waals surface area contributed by atoms with Gasteiger partial charge in [0.1, 0.15) is 73.2 Å². The molecule has 12 N–H and O–H groups in total. The van der Waals surface area contributed by atoms with Crippen molar-refractivity contribution in [1.82, 2.24) is 5.32 Å². The van der Waals surface area contributed by atoms with Crippen LogP contribution in [0.2, 0.25) is 0 Å². The van der Waals surface area contributed by atoms with E-state index in [4.69, 9.17) is 28.4 Å². The van der Waals surface area contributed by atoms with Crippen molar-refractivity contribution in [3.63, 3.8) is 0 Å². The molecule has 17 unspecified atom stereocenters. The van der Waals surface area contributed by atoms with Gasteiger partial charge < -0.3 is 89.9 Å². The first kappa shape index (κ1) is 78.9. The monoisotopic (exact) mass is 1250 g/mol. The van der Waals surface area contributed by atoms with Crippen LogP contribution in [0.3, 0.4) is 0 Å². The topological polar surface area (TPSA) is 307 Å². The highest BCUT2D eigenvalue weighted by atomic mass is 16.8. The number of aliphatic hydroxyl groups excluding tert-OH is 11. The van der Waals surface area contributed by atoms with Crippen molar-refractivity contribution >= 4 is 5.91 Å². The molecule has 3 aliphatic rings. The molecule has 19 nitrogen and oxygen atoms in total. The quantitative estimate of drug-likeness (QED) is 0.0202. The van der Waals surface area contributed by atoms with Crippen molar-refractivity contribution in [2.45, 2.75) is 304 Å². The molecule has 0 aliphatic carbocycles. The zero-order valence-electron chi connectivity index (χ0n) is 53.2. The molecule has 3 heterocycles. The number of aliphatic hydroxyl groups is 11. The average Bonchev–Trinajstić information content (AvgIpc) is 1.83. The van der Waals surface area contributed by atoms with Gasteiger partial charge in [-0.15, -0.1) is 0 Å². The lowest BCUT2D eigenvalue weighted by Gasteiger charge is -2.48. The van der Waals surface area contributed by atoms with Gasteiger partial charge in [0.05, 0.1) is 38.6 Å². The molecule has 88 heavy (non-hydrogen) atoms. The van der Waals surface area contributed by atoms with Gasteiger partial charge in [-0.3, -0.25) is 4.79 Å². The van der Waals surface area contributed by atoms with Crippen LogP contribution in [0.15, 0.2) is 97.2 Å². The van der Waals surface area contributed by atoms with Crippen LogP contribution in [0.4, 0.5) is 0 Å². The molecular weight excluding hydrogens is 1130 g/mol. The van der Waals surface area contributed by atoms with Gasteiger partial charge in [0.2, 0.25) is 5.91 Å². The van der Waals surface area contributed by atoms with Crippen LogP contribution in [0.25, 0.3) is 0 Å². The van der Waals surface area contributed by atoms with Crippen molar-refractivity contribution in [2.24, 2.45) is 0 Å². The first-order chi connectivity index (χ1) is 42.8. The van der Waals surface area contributed by atoms with E-state index in [2.05, 4.69) is 104 Å². The Kier molecular flexibility index (Phi) is 45.1. The molecule has 506 valence electrons. The number of nitrogens with one attached hydrogen (secondary N) is 1. The van der Waals surface area contributed by atoms with Gasteiger partial charge in [-0.2, -0.15) is 0 Å². The number of carbonyl (C=O) groups is 1. The molecule has 3 saturated heterocycles. The van der Waals surface area contributed by atoms with Crippen LogP contribution in [0, 0.1) is 0 Å². The van der Waals surface area contributed by atoms with Gasteiger partial charge in [0.15, 0.2) is 18.9 Å². The van der Waals surface area contributed by atoms with Crippen LogP contribution in [-0.2, 0) is 33.2 Å². The molecule has 0 spiro atoms. The molecular formula is C69H117NO18. The van der Waals surface area contributed by atoms with Crippen LogP contribution in [0.5, 0.6) is 0 Å². The third-order valence-electron chi connectivity index (χ3n) is 16.1. The molecule has 0 saturated carbocycles. The molecule has 3 rings (SSSR count). The molecule has 0 aromatic rings. The molecule has 0 radical (unpaired) electrons. The summed E-state index contributed by atoms with van der Waals surface area (Å²) < 4.78 is 34.2. The summed E-state index contributed by atoms with van der Waals surface area (Å²) in [7, 11) is 0. The Morgan fingerprint density at radius 1 is 0.420 bits per heavy atom. The van der Waals surface area contributed by atoms with Gasteiger partial charge in [0.25, 0.3) is 0 Å². The standard InChI is InChI=1S/C69H117NO18/c1-3-5-7-9-11-13-15-16-17-18-19-20-21-22-23-24-25-26-27-28-29-30-31-32-33-34-35-36-37-39-41-43-45-47-57(75)70-52(53(74)46-44-42-40-38-14-12-10-8-6-4-2)51-83-67-63(81)60(78)65(55(49-72)85-67)88-69-64(82)61(79)66(56(50-73)86-69)87-68-62(80)59(77)58(76)54(48-71)84-68/h5,7,11,13,16-17,19-20,22-23,25-26,28-29,44,46,52-56,58-69,71-74,76-82H,3-4,6,8-10,12,14-15,18,21,24,27,30-43,45,47-51H2,1-2H3,(H,70,75)/b7-5-,13-11-,17-16-,20-19-,23-22-,26-25-,29-28-,46-44+. The molecule has 19 heteroatoms. The Labute approximate surface area is 526 Å². The number of amides is 1. The predicted octanol–water partition coefficient (Wildman–Crippen LogP) is 8.10. The lowest BCUT2D eigenvalue weighted by molar-refractivity contribution is -0.379. The fourth-order valence-electron chi connectivity index (χ4n) is 10.7. The van der Waals surface area contributed by atoms with E-state index in [0.29, 0.717) is 6.42 Å². The van der Waals surface area contributed by atoms with Crippen LogP contribution < -0.4 is 5.32 Å². The molecule has 1 amide bonds. The second-order valence-electron chi connectivity index (χ2n) is 23.6. The second kappa shape index (κ2) is 50.3. The Balaban J connectivity index is 1.36. The van der Waals surface area contributed by atoms with Crippen molar-refractivity contribution < 1.29 is 89.4 Å². The van der Waals surface area contributed by atoms with E-state index in [0.717, 1.165) is 103 Å². The molecule has 3 aliphatic heterocycles. The van der Waals surface area contributed by atoms with Gasteiger partial charge in [-0.05, 0) is 77.0 Å². The minimum Gasteiger partial charge on any atom is -0.394 e. The van der Waals surface area contributed by atoms with Crippen molar-refractivity contribution in [3.05, 3.63) is 97.2 Å². The number of carbonyl (C=O) groups excluding carboxylic acids is 1. The van der Waals surface area contributed by atoms with Crippen LogP contribution in [0.1, 0.15) is 200 Å². The molecule has 0 bridgehead atoms. The fourth-order valence-corrected chi connectivity index (χ4v) is 10.7. The number of rotatable bonds is 49. The normalized spacial score (nSPS) is 29.0. The lowest BCUT2D eigenvalue weighted by Crippen LogP contribution is -2.66. The van der Waals surface area contributed by atoms with Gasteiger partial charge in [-0.1, -0.05) is 214 Å². The maximum absolute atomic E-state index is 13.3. The number of ether oxygens (including phenoxy) is 6. The summed E-state index contributed by atoms with van der Waals surface area (Å²) in [6, 6.07) is -0.979. The third kappa shape index (κ3) is 32.3. The number of allylic oxidation sites excluding steroid dienone is 15. The average molecular weight is 1250 g/mol. The van der Waals surface area contributed by atoms with E-state index in [1.807, 2.05) is 6.08 Å². The Morgan fingerprint density at radius 3 is 1.23 bits per heavy atom. The van der Waals surface area contributed by atoms with E-state index in [1.165, 1.54) is 70.6 Å². The van der Waals surface area contributed by atoms with Crippen LogP contribution >= 0.6 is 0 Å². The van der Waals surface area contributed by atoms with Gasteiger partial charge in [0, 0.05) is 6.42 Å². The Bertz CT molecular complexity index is 1970. The highest BCUT2D eigenvalue weighted by Gasteiger charge is 2.53. The molecule has 3 fully saturated rings. The summed E-state index contributed by atoms with van der Waals surface area (Å²) in [6.07, 6.45) is 38.3. The highest BCUT2D eigenvalue weighted by molar-refractivity contribution is 5.76. The SMILES string of the molecule is CC/C=C\C/C=C\C/C=C\C/C=C\C/C=C\C/C=C\C/C=C\CCCCCCCCCCCCCC(=O)NC(COC1OC(CO)C(OC2OC(CO)C(OC3OC(CO)C(O)C(O)C3O)C(O)C2O)C(O)C1O)C(O)/C=C/CCCCCCCCCC. The van der Waals surface area contributed by atoms with Gasteiger partial charge in [-0.25, -0.2) is 0 Å². The summed E-state index contributed by atoms with van der Waals surface area (Å²) in [5.41, 5.74) is 0. The second-order valence-corrected chi connectivity index (χ2v) is 23.6. The number of unbranched alkanes of at least 4 members (excludes halogenated alkanes) is 19. The smallest absolute Gasteiger partial charge is 0.220 e. The summed E-state index contributed by atoms with van der Waals surface area (Å²) in [6.45, 7) is 1.56. The van der Waals surface area contributed by atoms with E-state index < -0.39 is 124 Å².